The van der Waals surface area contributed by atoms with Crippen molar-refractivity contribution in [1.82, 2.24) is 15.1 Å². The van der Waals surface area contributed by atoms with Gasteiger partial charge in [0.1, 0.15) is 0 Å². The number of nitrogens with one attached hydrogen (secondary N) is 1. The Morgan fingerprint density at radius 3 is 2.70 bits per heavy atom. The molecule has 1 atom stereocenters. The van der Waals surface area contributed by atoms with Gasteiger partial charge in [-0.3, -0.25) is 9.80 Å². The van der Waals surface area contributed by atoms with E-state index in [1.165, 1.54) is 31.7 Å². The summed E-state index contributed by atoms with van der Waals surface area (Å²) in [5.41, 5.74) is 1.36. The summed E-state index contributed by atoms with van der Waals surface area (Å²) in [6.45, 7) is 9.35. The largest absolute Gasteiger partial charge is 0.314 e. The molecule has 0 amide bonds. The summed E-state index contributed by atoms with van der Waals surface area (Å²) < 4.78 is 0. The van der Waals surface area contributed by atoms with E-state index in [4.69, 9.17) is 11.6 Å². The minimum absolute atomic E-state index is 0.521. The number of halogens is 1. The molecule has 0 aliphatic carbocycles. The maximum Gasteiger partial charge on any atom is 0.0409 e. The van der Waals surface area contributed by atoms with Crippen LogP contribution in [0.5, 0.6) is 0 Å². The van der Waals surface area contributed by atoms with Crippen LogP contribution < -0.4 is 5.32 Å². The molecular formula is C16H24ClN3. The van der Waals surface area contributed by atoms with Crippen LogP contribution in [0.25, 0.3) is 0 Å². The molecule has 1 aromatic carbocycles. The first-order valence-electron chi connectivity index (χ1n) is 7.72. The van der Waals surface area contributed by atoms with Gasteiger partial charge in [-0.15, -0.1) is 0 Å². The van der Waals surface area contributed by atoms with E-state index in [2.05, 4.69) is 40.2 Å². The molecule has 0 spiro atoms. The highest BCUT2D eigenvalue weighted by Crippen LogP contribution is 2.31. The predicted octanol–water partition coefficient (Wildman–Crippen LogP) is 2.38. The molecule has 110 valence electrons. The van der Waals surface area contributed by atoms with Crippen molar-refractivity contribution < 1.29 is 0 Å². The average molecular weight is 294 g/mol. The number of hydrogen-bond acceptors (Lipinski definition) is 3. The summed E-state index contributed by atoms with van der Waals surface area (Å²) in [7, 11) is 0. The Hall–Kier alpha value is -0.610. The van der Waals surface area contributed by atoms with Crippen LogP contribution in [0.2, 0.25) is 5.02 Å². The number of piperazine rings is 1. The Morgan fingerprint density at radius 2 is 2.05 bits per heavy atom. The van der Waals surface area contributed by atoms with Gasteiger partial charge in [0.2, 0.25) is 0 Å². The van der Waals surface area contributed by atoms with Crippen LogP contribution in [0.3, 0.4) is 0 Å². The molecule has 0 bridgehead atoms. The van der Waals surface area contributed by atoms with Gasteiger partial charge in [0.25, 0.3) is 0 Å². The summed E-state index contributed by atoms with van der Waals surface area (Å²) in [6.07, 6.45) is 1.15. The smallest absolute Gasteiger partial charge is 0.0409 e. The fourth-order valence-corrected chi connectivity index (χ4v) is 3.64. The van der Waals surface area contributed by atoms with E-state index in [0.717, 1.165) is 30.6 Å². The van der Waals surface area contributed by atoms with E-state index < -0.39 is 0 Å². The minimum atomic E-state index is 0.521. The molecule has 1 aromatic rings. The summed E-state index contributed by atoms with van der Waals surface area (Å²) >= 11 is 6.13. The summed E-state index contributed by atoms with van der Waals surface area (Å²) in [4.78, 5) is 5.23. The molecule has 2 heterocycles. The lowest BCUT2D eigenvalue weighted by molar-refractivity contribution is -0.00232. The van der Waals surface area contributed by atoms with Crippen molar-refractivity contribution in [3.05, 3.63) is 34.9 Å². The number of nitrogens with zero attached hydrogens (tertiary/aromatic N) is 2. The molecule has 1 N–H and O–H groups in total. The molecule has 20 heavy (non-hydrogen) atoms. The maximum absolute atomic E-state index is 6.13. The normalized spacial score (nSPS) is 23.5. The van der Waals surface area contributed by atoms with E-state index in [9.17, 15) is 0 Å². The van der Waals surface area contributed by atoms with Gasteiger partial charge in [-0.05, 0) is 24.1 Å². The zero-order valence-electron chi connectivity index (χ0n) is 12.2. The number of hydrogen-bond donors (Lipinski definition) is 1. The Labute approximate surface area is 126 Å². The molecule has 2 saturated heterocycles. The van der Waals surface area contributed by atoms with Gasteiger partial charge in [0, 0.05) is 56.4 Å². The highest BCUT2D eigenvalue weighted by atomic mass is 35.5. The Bertz CT molecular complexity index is 439. The van der Waals surface area contributed by atoms with E-state index in [0.29, 0.717) is 6.04 Å². The van der Waals surface area contributed by atoms with Crippen LogP contribution in [0.1, 0.15) is 24.9 Å². The van der Waals surface area contributed by atoms with E-state index in [1.807, 2.05) is 6.07 Å². The van der Waals surface area contributed by atoms with Crippen molar-refractivity contribution in [1.29, 1.82) is 0 Å². The van der Waals surface area contributed by atoms with Crippen LogP contribution in [0.4, 0.5) is 0 Å². The zero-order valence-corrected chi connectivity index (χ0v) is 12.9. The van der Waals surface area contributed by atoms with E-state index >= 15 is 0 Å². The van der Waals surface area contributed by atoms with Crippen LogP contribution >= 0.6 is 11.6 Å². The fraction of sp³-hybridized carbons (Fsp3) is 0.625. The number of likely N-dealkylation sites (tertiary alicyclic amines) is 1. The van der Waals surface area contributed by atoms with E-state index in [-0.39, 0.29) is 0 Å². The molecule has 0 radical (unpaired) electrons. The third kappa shape index (κ3) is 3.01. The fourth-order valence-electron chi connectivity index (χ4n) is 3.44. The quantitative estimate of drug-likeness (QED) is 0.919. The SMILES string of the molecule is CCC(c1cccc(Cl)c1)N1CC(N2CCNCC2)C1. The lowest BCUT2D eigenvalue weighted by atomic mass is 9.96. The second-order valence-electron chi connectivity index (χ2n) is 5.87. The Kier molecular flexibility index (Phi) is 4.61. The first-order chi connectivity index (χ1) is 9.78. The van der Waals surface area contributed by atoms with Gasteiger partial charge < -0.3 is 5.32 Å². The lowest BCUT2D eigenvalue weighted by Gasteiger charge is -2.50. The van der Waals surface area contributed by atoms with Crippen molar-refractivity contribution >= 4 is 11.6 Å². The Balaban J connectivity index is 1.59. The van der Waals surface area contributed by atoms with Gasteiger partial charge >= 0.3 is 0 Å². The van der Waals surface area contributed by atoms with Crippen LogP contribution in [0.15, 0.2) is 24.3 Å². The average Bonchev–Trinajstić information content (AvgIpc) is 2.43. The van der Waals surface area contributed by atoms with E-state index in [1.54, 1.807) is 0 Å². The molecule has 3 nitrogen and oxygen atoms in total. The molecule has 4 heteroatoms. The highest BCUT2D eigenvalue weighted by molar-refractivity contribution is 6.30. The van der Waals surface area contributed by atoms with Gasteiger partial charge in [0.15, 0.2) is 0 Å². The van der Waals surface area contributed by atoms with Crippen molar-refractivity contribution in [2.75, 3.05) is 39.3 Å². The Morgan fingerprint density at radius 1 is 1.30 bits per heavy atom. The molecule has 2 aliphatic rings. The molecule has 0 saturated carbocycles. The lowest BCUT2D eigenvalue weighted by Crippen LogP contribution is -2.63. The number of rotatable bonds is 4. The van der Waals surface area contributed by atoms with Gasteiger partial charge in [-0.2, -0.15) is 0 Å². The summed E-state index contributed by atoms with van der Waals surface area (Å²) in [6, 6.07) is 9.62. The summed E-state index contributed by atoms with van der Waals surface area (Å²) in [5.74, 6) is 0. The van der Waals surface area contributed by atoms with Gasteiger partial charge in [0.05, 0.1) is 0 Å². The molecule has 3 rings (SSSR count). The highest BCUT2D eigenvalue weighted by Gasteiger charge is 2.36. The first kappa shape index (κ1) is 14.3. The van der Waals surface area contributed by atoms with Crippen molar-refractivity contribution in [2.45, 2.75) is 25.4 Å². The molecule has 1 unspecified atom stereocenters. The van der Waals surface area contributed by atoms with Crippen LogP contribution in [-0.2, 0) is 0 Å². The second-order valence-corrected chi connectivity index (χ2v) is 6.31. The first-order valence-corrected chi connectivity index (χ1v) is 8.10. The molecule has 2 aliphatic heterocycles. The van der Waals surface area contributed by atoms with Crippen molar-refractivity contribution in [3.63, 3.8) is 0 Å². The van der Waals surface area contributed by atoms with Crippen LogP contribution in [0, 0.1) is 0 Å². The minimum Gasteiger partial charge on any atom is -0.314 e. The molecule has 0 aromatic heterocycles. The predicted molar refractivity (Wildman–Crippen MR) is 84.3 cm³/mol. The zero-order chi connectivity index (χ0) is 13.9. The van der Waals surface area contributed by atoms with Crippen molar-refractivity contribution in [3.8, 4) is 0 Å². The third-order valence-corrected chi connectivity index (χ3v) is 4.85. The number of benzene rings is 1. The third-order valence-electron chi connectivity index (χ3n) is 4.62. The second kappa shape index (κ2) is 6.44. The van der Waals surface area contributed by atoms with Crippen molar-refractivity contribution in [2.24, 2.45) is 0 Å². The monoisotopic (exact) mass is 293 g/mol. The van der Waals surface area contributed by atoms with Gasteiger partial charge in [-0.25, -0.2) is 0 Å². The topological polar surface area (TPSA) is 18.5 Å². The molecule has 2 fully saturated rings. The summed E-state index contributed by atoms with van der Waals surface area (Å²) in [5, 5.41) is 4.27. The van der Waals surface area contributed by atoms with Crippen LogP contribution in [-0.4, -0.2) is 55.1 Å². The molecular weight excluding hydrogens is 270 g/mol. The standard InChI is InChI=1S/C16H24ClN3/c1-2-16(13-4-3-5-14(17)10-13)20-11-15(12-20)19-8-6-18-7-9-19/h3-5,10,15-16,18H,2,6-9,11-12H2,1H3. The maximum atomic E-state index is 6.13. The van der Waals surface area contributed by atoms with Gasteiger partial charge in [-0.1, -0.05) is 30.7 Å².